The van der Waals surface area contributed by atoms with Gasteiger partial charge in [0.25, 0.3) is 0 Å². The largest absolute Gasteiger partial charge is 0.370 e. The van der Waals surface area contributed by atoms with Crippen molar-refractivity contribution in [3.63, 3.8) is 0 Å². The molecule has 0 radical (unpaired) electrons. The molecule has 1 atom stereocenters. The van der Waals surface area contributed by atoms with Gasteiger partial charge in [0.05, 0.1) is 12.4 Å². The summed E-state index contributed by atoms with van der Waals surface area (Å²) in [6.45, 7) is 0. The van der Waals surface area contributed by atoms with Crippen LogP contribution in [0.2, 0.25) is 0 Å². The van der Waals surface area contributed by atoms with Gasteiger partial charge in [0.1, 0.15) is 5.60 Å². The van der Waals surface area contributed by atoms with Crippen molar-refractivity contribution in [2.75, 3.05) is 7.11 Å². The topological polar surface area (TPSA) is 103 Å². The fourth-order valence-electron chi connectivity index (χ4n) is 2.76. The number of H-pyrrole nitrogens is 1. The lowest BCUT2D eigenvalue weighted by Gasteiger charge is -2.22. The number of hydrogen-bond donors (Lipinski definition) is 2. The molecule has 0 aromatic carbocycles. The number of aromatic nitrogens is 4. The lowest BCUT2D eigenvalue weighted by Crippen LogP contribution is -2.26. The van der Waals surface area contributed by atoms with E-state index in [9.17, 15) is 0 Å². The molecular weight excluding hydrogens is 258 g/mol. The first-order chi connectivity index (χ1) is 9.73. The molecule has 1 fully saturated rings. The Morgan fingerprint density at radius 2 is 2.30 bits per heavy atom. The Labute approximate surface area is 116 Å². The Morgan fingerprint density at radius 1 is 1.50 bits per heavy atom. The molecule has 1 aliphatic rings. The summed E-state index contributed by atoms with van der Waals surface area (Å²) in [4.78, 5) is 11.4. The van der Waals surface area contributed by atoms with E-state index in [-0.39, 0.29) is 6.04 Å². The van der Waals surface area contributed by atoms with E-state index in [4.69, 9.17) is 15.0 Å². The third-order valence-corrected chi connectivity index (χ3v) is 3.96. The van der Waals surface area contributed by atoms with Gasteiger partial charge in [-0.1, -0.05) is 5.16 Å². The SMILES string of the molecule is COC1(c2noc([C@@H](N)Cc3cnc[nH]3)n2)CCCC1. The van der Waals surface area contributed by atoms with E-state index in [2.05, 4.69) is 20.1 Å². The van der Waals surface area contributed by atoms with Gasteiger partial charge in [-0.3, -0.25) is 0 Å². The van der Waals surface area contributed by atoms with E-state index in [0.29, 0.717) is 18.1 Å². The minimum atomic E-state index is -0.393. The molecule has 0 saturated heterocycles. The standard InChI is InChI=1S/C13H19N5O2/c1-19-13(4-2-3-5-13)12-17-11(20-18-12)10(14)6-9-7-15-8-16-9/h7-8,10H,2-6,14H2,1H3,(H,15,16)/t10-/m0/s1. The van der Waals surface area contributed by atoms with Crippen molar-refractivity contribution in [1.29, 1.82) is 0 Å². The molecule has 7 nitrogen and oxygen atoms in total. The van der Waals surface area contributed by atoms with Crippen molar-refractivity contribution in [3.05, 3.63) is 29.9 Å². The van der Waals surface area contributed by atoms with Gasteiger partial charge in [0, 0.05) is 25.4 Å². The van der Waals surface area contributed by atoms with E-state index < -0.39 is 5.60 Å². The summed E-state index contributed by atoms with van der Waals surface area (Å²) in [5, 5.41) is 4.07. The Morgan fingerprint density at radius 3 is 2.95 bits per heavy atom. The molecule has 1 aliphatic carbocycles. The number of hydrogen-bond acceptors (Lipinski definition) is 6. The predicted molar refractivity (Wildman–Crippen MR) is 70.7 cm³/mol. The Bertz CT molecular complexity index is 545. The second-order valence-corrected chi connectivity index (χ2v) is 5.25. The van der Waals surface area contributed by atoms with E-state index >= 15 is 0 Å². The van der Waals surface area contributed by atoms with E-state index in [1.54, 1.807) is 19.6 Å². The van der Waals surface area contributed by atoms with Crippen LogP contribution < -0.4 is 5.73 Å². The van der Waals surface area contributed by atoms with Crippen LogP contribution in [0.1, 0.15) is 49.1 Å². The Hall–Kier alpha value is -1.73. The average Bonchev–Trinajstić information content (AvgIpc) is 3.20. The maximum Gasteiger partial charge on any atom is 0.244 e. The zero-order chi connectivity index (χ0) is 14.0. The summed E-state index contributed by atoms with van der Waals surface area (Å²) in [5.41, 5.74) is 6.65. The van der Waals surface area contributed by atoms with Crippen LogP contribution in [0.4, 0.5) is 0 Å². The van der Waals surface area contributed by atoms with Gasteiger partial charge in [-0.05, 0) is 25.7 Å². The maximum absolute atomic E-state index is 6.10. The lowest BCUT2D eigenvalue weighted by molar-refractivity contribution is -0.0178. The molecule has 0 aliphatic heterocycles. The van der Waals surface area contributed by atoms with Crippen molar-refractivity contribution < 1.29 is 9.26 Å². The van der Waals surface area contributed by atoms with Crippen molar-refractivity contribution in [1.82, 2.24) is 20.1 Å². The van der Waals surface area contributed by atoms with Crippen LogP contribution in [0.5, 0.6) is 0 Å². The molecule has 1 saturated carbocycles. The van der Waals surface area contributed by atoms with Crippen molar-refractivity contribution in [2.24, 2.45) is 5.73 Å². The number of rotatable bonds is 5. The van der Waals surface area contributed by atoms with Gasteiger partial charge in [-0.25, -0.2) is 4.98 Å². The zero-order valence-electron chi connectivity index (χ0n) is 11.5. The number of aromatic amines is 1. The molecule has 2 aromatic rings. The van der Waals surface area contributed by atoms with Gasteiger partial charge in [0.15, 0.2) is 0 Å². The Balaban J connectivity index is 1.76. The summed E-state index contributed by atoms with van der Waals surface area (Å²) in [6.07, 6.45) is 8.05. The zero-order valence-corrected chi connectivity index (χ0v) is 11.5. The molecule has 20 heavy (non-hydrogen) atoms. The molecule has 3 rings (SSSR count). The van der Waals surface area contributed by atoms with Crippen LogP contribution in [-0.4, -0.2) is 27.2 Å². The number of ether oxygens (including phenoxy) is 1. The molecule has 0 bridgehead atoms. The summed E-state index contributed by atoms with van der Waals surface area (Å²) in [6, 6.07) is -0.341. The van der Waals surface area contributed by atoms with Gasteiger partial charge in [-0.2, -0.15) is 4.98 Å². The highest BCUT2D eigenvalue weighted by Crippen LogP contribution is 2.40. The van der Waals surface area contributed by atoms with Gasteiger partial charge >= 0.3 is 0 Å². The summed E-state index contributed by atoms with van der Waals surface area (Å²) in [7, 11) is 1.70. The van der Waals surface area contributed by atoms with Crippen LogP contribution in [0.25, 0.3) is 0 Å². The minimum Gasteiger partial charge on any atom is -0.370 e. The van der Waals surface area contributed by atoms with Crippen LogP contribution in [-0.2, 0) is 16.8 Å². The molecule has 0 spiro atoms. The van der Waals surface area contributed by atoms with Crippen LogP contribution in [0, 0.1) is 0 Å². The van der Waals surface area contributed by atoms with Crippen LogP contribution >= 0.6 is 0 Å². The molecule has 108 valence electrons. The third kappa shape index (κ3) is 2.34. The molecule has 0 amide bonds. The third-order valence-electron chi connectivity index (χ3n) is 3.96. The van der Waals surface area contributed by atoms with Gasteiger partial charge < -0.3 is 20.0 Å². The Kier molecular flexibility index (Phi) is 3.54. The molecular formula is C13H19N5O2. The second kappa shape index (κ2) is 5.34. The maximum atomic E-state index is 6.10. The van der Waals surface area contributed by atoms with Crippen molar-refractivity contribution in [3.8, 4) is 0 Å². The summed E-state index contributed by atoms with van der Waals surface area (Å²) in [5.74, 6) is 1.06. The van der Waals surface area contributed by atoms with Crippen molar-refractivity contribution >= 4 is 0 Å². The molecule has 7 heteroatoms. The first kappa shape index (κ1) is 13.3. The number of imidazole rings is 1. The fraction of sp³-hybridized carbons (Fsp3) is 0.615. The predicted octanol–water partition coefficient (Wildman–Crippen LogP) is 1.45. The average molecular weight is 277 g/mol. The number of nitrogens with two attached hydrogens (primary N) is 1. The molecule has 0 unspecified atom stereocenters. The highest BCUT2D eigenvalue weighted by molar-refractivity contribution is 5.07. The van der Waals surface area contributed by atoms with Crippen LogP contribution in [0.3, 0.4) is 0 Å². The summed E-state index contributed by atoms with van der Waals surface area (Å²) >= 11 is 0. The van der Waals surface area contributed by atoms with Gasteiger partial charge in [-0.15, -0.1) is 0 Å². The second-order valence-electron chi connectivity index (χ2n) is 5.25. The van der Waals surface area contributed by atoms with E-state index in [0.717, 1.165) is 31.4 Å². The normalized spacial score (nSPS) is 19.3. The fourth-order valence-corrected chi connectivity index (χ4v) is 2.76. The van der Waals surface area contributed by atoms with Crippen molar-refractivity contribution in [2.45, 2.75) is 43.7 Å². The lowest BCUT2D eigenvalue weighted by atomic mass is 10.0. The van der Waals surface area contributed by atoms with Gasteiger partial charge in [0.2, 0.25) is 11.7 Å². The highest BCUT2D eigenvalue weighted by atomic mass is 16.5. The highest BCUT2D eigenvalue weighted by Gasteiger charge is 2.40. The smallest absolute Gasteiger partial charge is 0.244 e. The monoisotopic (exact) mass is 277 g/mol. The number of methoxy groups -OCH3 is 1. The van der Waals surface area contributed by atoms with E-state index in [1.807, 2.05) is 0 Å². The minimum absolute atomic E-state index is 0.341. The molecule has 2 aromatic heterocycles. The molecule has 3 N–H and O–H groups in total. The van der Waals surface area contributed by atoms with Crippen LogP contribution in [0.15, 0.2) is 17.0 Å². The quantitative estimate of drug-likeness (QED) is 0.857. The molecule has 2 heterocycles. The number of nitrogens with one attached hydrogen (secondary N) is 1. The number of nitrogens with zero attached hydrogens (tertiary/aromatic N) is 3. The van der Waals surface area contributed by atoms with E-state index in [1.165, 1.54) is 0 Å². The first-order valence-electron chi connectivity index (χ1n) is 6.85. The summed E-state index contributed by atoms with van der Waals surface area (Å²) < 4.78 is 11.0. The first-order valence-corrected chi connectivity index (χ1v) is 6.85.